The Morgan fingerprint density at radius 1 is 1.40 bits per heavy atom. The first-order valence-electron chi connectivity index (χ1n) is 6.65. The van der Waals surface area contributed by atoms with Crippen LogP contribution in [0.25, 0.3) is 0 Å². The summed E-state index contributed by atoms with van der Waals surface area (Å²) in [6, 6.07) is 0. The van der Waals surface area contributed by atoms with E-state index in [-0.39, 0.29) is 0 Å². The lowest BCUT2D eigenvalue weighted by Gasteiger charge is -2.32. The van der Waals surface area contributed by atoms with Crippen molar-refractivity contribution in [2.45, 2.75) is 40.0 Å². The highest BCUT2D eigenvalue weighted by molar-refractivity contribution is 4.74. The minimum absolute atomic E-state index is 0.778. The minimum Gasteiger partial charge on any atom is -0.316 e. The summed E-state index contributed by atoms with van der Waals surface area (Å²) in [6.07, 6.45) is 4.12. The largest absolute Gasteiger partial charge is 0.316 e. The topological polar surface area (TPSA) is 15.3 Å². The molecule has 0 aromatic rings. The van der Waals surface area contributed by atoms with Gasteiger partial charge in [-0.05, 0) is 57.3 Å². The molecule has 1 rings (SSSR count). The fraction of sp³-hybridized carbons (Fsp3) is 1.00. The normalized spacial score (nSPS) is 23.6. The van der Waals surface area contributed by atoms with Crippen LogP contribution in [0.4, 0.5) is 0 Å². The van der Waals surface area contributed by atoms with E-state index in [9.17, 15) is 0 Å². The van der Waals surface area contributed by atoms with Gasteiger partial charge in [0.1, 0.15) is 0 Å². The van der Waals surface area contributed by atoms with Gasteiger partial charge in [0.25, 0.3) is 0 Å². The Bertz CT molecular complexity index is 155. The van der Waals surface area contributed by atoms with Crippen molar-refractivity contribution in [2.24, 2.45) is 11.8 Å². The molecule has 90 valence electrons. The molecule has 1 fully saturated rings. The number of likely N-dealkylation sites (tertiary alicyclic amines) is 1. The summed E-state index contributed by atoms with van der Waals surface area (Å²) in [5, 5.41) is 3.59. The monoisotopic (exact) mass is 212 g/mol. The van der Waals surface area contributed by atoms with Crippen LogP contribution in [0.1, 0.15) is 40.0 Å². The zero-order chi connectivity index (χ0) is 11.1. The Labute approximate surface area is 95.4 Å². The highest BCUT2D eigenvalue weighted by atomic mass is 15.1. The van der Waals surface area contributed by atoms with Crippen LogP contribution in [0.5, 0.6) is 0 Å². The number of piperidine rings is 1. The molecule has 1 aliphatic rings. The molecular formula is C13H28N2. The fourth-order valence-electron chi connectivity index (χ4n) is 2.41. The molecule has 1 atom stereocenters. The Hall–Kier alpha value is -0.0800. The van der Waals surface area contributed by atoms with Gasteiger partial charge in [0.2, 0.25) is 0 Å². The maximum absolute atomic E-state index is 3.59. The molecule has 15 heavy (non-hydrogen) atoms. The molecule has 2 heteroatoms. The van der Waals surface area contributed by atoms with Gasteiger partial charge in [-0.15, -0.1) is 0 Å². The highest BCUT2D eigenvalue weighted by Crippen LogP contribution is 2.15. The molecule has 0 radical (unpaired) electrons. The predicted molar refractivity (Wildman–Crippen MR) is 67.2 cm³/mol. The number of hydrogen-bond donors (Lipinski definition) is 1. The summed E-state index contributed by atoms with van der Waals surface area (Å²) in [6.45, 7) is 13.2. The van der Waals surface area contributed by atoms with Crippen molar-refractivity contribution in [3.8, 4) is 0 Å². The molecule has 1 unspecified atom stereocenters. The van der Waals surface area contributed by atoms with E-state index in [1.807, 2.05) is 0 Å². The van der Waals surface area contributed by atoms with E-state index in [1.54, 1.807) is 0 Å². The second-order valence-electron chi connectivity index (χ2n) is 5.36. The van der Waals surface area contributed by atoms with E-state index in [4.69, 9.17) is 0 Å². The second-order valence-corrected chi connectivity index (χ2v) is 5.36. The summed E-state index contributed by atoms with van der Waals surface area (Å²) in [7, 11) is 0. The fourth-order valence-corrected chi connectivity index (χ4v) is 2.41. The molecule has 0 aromatic heterocycles. The third-order valence-electron chi connectivity index (χ3n) is 3.13. The van der Waals surface area contributed by atoms with Crippen LogP contribution in [-0.4, -0.2) is 37.6 Å². The number of nitrogens with one attached hydrogen (secondary N) is 1. The van der Waals surface area contributed by atoms with Crippen LogP contribution < -0.4 is 5.32 Å². The zero-order valence-corrected chi connectivity index (χ0v) is 10.8. The maximum atomic E-state index is 3.59. The third kappa shape index (κ3) is 5.53. The molecule has 0 aromatic carbocycles. The standard InChI is InChI=1S/C13H28N2/c1-4-7-15-8-5-6-13(11-15)10-14-9-12(2)3/h12-14H,4-11H2,1-3H3. The molecule has 0 aliphatic carbocycles. The van der Waals surface area contributed by atoms with Gasteiger partial charge >= 0.3 is 0 Å². The van der Waals surface area contributed by atoms with Crippen molar-refractivity contribution in [2.75, 3.05) is 32.7 Å². The van der Waals surface area contributed by atoms with Crippen molar-refractivity contribution < 1.29 is 0 Å². The van der Waals surface area contributed by atoms with Gasteiger partial charge in [-0.2, -0.15) is 0 Å². The van der Waals surface area contributed by atoms with Crippen molar-refractivity contribution in [3.63, 3.8) is 0 Å². The van der Waals surface area contributed by atoms with Gasteiger partial charge in [0.05, 0.1) is 0 Å². The summed E-state index contributed by atoms with van der Waals surface area (Å²) in [5.74, 6) is 1.67. The van der Waals surface area contributed by atoms with Gasteiger partial charge < -0.3 is 10.2 Å². The first-order valence-corrected chi connectivity index (χ1v) is 6.65. The molecule has 1 heterocycles. The van der Waals surface area contributed by atoms with E-state index < -0.39 is 0 Å². The average Bonchev–Trinajstić information content (AvgIpc) is 2.18. The van der Waals surface area contributed by atoms with Gasteiger partial charge in [0.15, 0.2) is 0 Å². The lowest BCUT2D eigenvalue weighted by molar-refractivity contribution is 0.172. The smallest absolute Gasteiger partial charge is 0.00218 e. The van der Waals surface area contributed by atoms with Crippen molar-refractivity contribution >= 4 is 0 Å². The molecule has 0 bridgehead atoms. The van der Waals surface area contributed by atoms with Crippen LogP contribution in [0.3, 0.4) is 0 Å². The first kappa shape index (κ1) is 13.0. The average molecular weight is 212 g/mol. The summed E-state index contributed by atoms with van der Waals surface area (Å²) in [4.78, 5) is 2.63. The van der Waals surface area contributed by atoms with Crippen LogP contribution >= 0.6 is 0 Å². The molecule has 2 nitrogen and oxygen atoms in total. The van der Waals surface area contributed by atoms with Crippen LogP contribution in [0, 0.1) is 11.8 Å². The van der Waals surface area contributed by atoms with Crippen LogP contribution in [0.15, 0.2) is 0 Å². The molecule has 1 N–H and O–H groups in total. The van der Waals surface area contributed by atoms with E-state index in [0.29, 0.717) is 0 Å². The number of rotatable bonds is 6. The highest BCUT2D eigenvalue weighted by Gasteiger charge is 2.18. The summed E-state index contributed by atoms with van der Waals surface area (Å²) >= 11 is 0. The molecule has 0 spiro atoms. The van der Waals surface area contributed by atoms with E-state index >= 15 is 0 Å². The molecule has 1 saturated heterocycles. The quantitative estimate of drug-likeness (QED) is 0.727. The second kappa shape index (κ2) is 7.24. The Morgan fingerprint density at radius 3 is 2.87 bits per heavy atom. The molecule has 0 saturated carbocycles. The minimum atomic E-state index is 0.778. The van der Waals surface area contributed by atoms with Gasteiger partial charge in [0, 0.05) is 6.54 Å². The summed E-state index contributed by atoms with van der Waals surface area (Å²) in [5.41, 5.74) is 0. The first-order chi connectivity index (χ1) is 7.22. The maximum Gasteiger partial charge on any atom is 0.00218 e. The molecule has 1 aliphatic heterocycles. The van der Waals surface area contributed by atoms with Crippen molar-refractivity contribution in [3.05, 3.63) is 0 Å². The lowest BCUT2D eigenvalue weighted by Crippen LogP contribution is -2.40. The van der Waals surface area contributed by atoms with E-state index in [2.05, 4.69) is 31.0 Å². The molecule has 0 amide bonds. The van der Waals surface area contributed by atoms with Gasteiger partial charge in [-0.1, -0.05) is 20.8 Å². The zero-order valence-electron chi connectivity index (χ0n) is 10.8. The van der Waals surface area contributed by atoms with Crippen molar-refractivity contribution in [1.82, 2.24) is 10.2 Å². The number of nitrogens with zero attached hydrogens (tertiary/aromatic N) is 1. The summed E-state index contributed by atoms with van der Waals surface area (Å²) < 4.78 is 0. The van der Waals surface area contributed by atoms with Crippen LogP contribution in [0.2, 0.25) is 0 Å². The van der Waals surface area contributed by atoms with Crippen molar-refractivity contribution in [1.29, 1.82) is 0 Å². The molecular weight excluding hydrogens is 184 g/mol. The van der Waals surface area contributed by atoms with Crippen LogP contribution in [-0.2, 0) is 0 Å². The predicted octanol–water partition coefficient (Wildman–Crippen LogP) is 2.35. The Morgan fingerprint density at radius 2 is 2.20 bits per heavy atom. The van der Waals surface area contributed by atoms with E-state index in [0.717, 1.165) is 11.8 Å². The number of hydrogen-bond acceptors (Lipinski definition) is 2. The Balaban J connectivity index is 2.12. The van der Waals surface area contributed by atoms with E-state index in [1.165, 1.54) is 52.0 Å². The lowest BCUT2D eigenvalue weighted by atomic mass is 9.97. The third-order valence-corrected chi connectivity index (χ3v) is 3.13. The Kier molecular flexibility index (Phi) is 6.26. The SMILES string of the molecule is CCCN1CCCC(CNCC(C)C)C1. The van der Waals surface area contributed by atoms with Gasteiger partial charge in [-0.3, -0.25) is 0 Å². The van der Waals surface area contributed by atoms with Gasteiger partial charge in [-0.25, -0.2) is 0 Å².